The topological polar surface area (TPSA) is 35.1 Å². The Morgan fingerprint density at radius 2 is 1.51 bits per heavy atom. The molecule has 1 aliphatic carbocycles. The van der Waals surface area contributed by atoms with Crippen molar-refractivity contribution in [2.45, 2.75) is 6.42 Å². The summed E-state index contributed by atoms with van der Waals surface area (Å²) < 4.78 is 4.60. The Kier molecular flexibility index (Phi) is 3.55. The Morgan fingerprint density at radius 3 is 2.46 bits per heavy atom. The predicted octanol–water partition coefficient (Wildman–Crippen LogP) is 7.70. The van der Waals surface area contributed by atoms with Crippen LogP contribution < -0.4 is 0 Å². The largest absolute Gasteiger partial charge is 0.309 e. The summed E-state index contributed by atoms with van der Waals surface area (Å²) in [7, 11) is 0. The normalized spacial score (nSPS) is 12.8. The van der Waals surface area contributed by atoms with Crippen LogP contribution in [0.25, 0.3) is 65.9 Å². The van der Waals surface area contributed by atoms with E-state index in [0.717, 1.165) is 17.6 Å². The first-order valence-electron chi connectivity index (χ1n) is 12.6. The first-order chi connectivity index (χ1) is 18.4. The van der Waals surface area contributed by atoms with E-state index in [9.17, 15) is 0 Å². The molecule has 9 rings (SSSR count). The molecule has 0 saturated carbocycles. The molecule has 4 aromatic carbocycles. The van der Waals surface area contributed by atoms with Crippen LogP contribution in [0.5, 0.6) is 0 Å². The van der Waals surface area contributed by atoms with Crippen molar-refractivity contribution in [3.63, 3.8) is 0 Å². The Bertz CT molecular complexity index is 2220. The quantitative estimate of drug-likeness (QED) is 0.229. The average Bonchev–Trinajstić information content (AvgIpc) is 3.67. The van der Waals surface area contributed by atoms with Gasteiger partial charge in [0.2, 0.25) is 0 Å². The second-order valence-electron chi connectivity index (χ2n) is 9.92. The van der Waals surface area contributed by atoms with E-state index in [1.165, 1.54) is 65.9 Å². The van der Waals surface area contributed by atoms with Crippen molar-refractivity contribution in [2.24, 2.45) is 0 Å². The van der Waals surface area contributed by atoms with Gasteiger partial charge < -0.3 is 4.57 Å². The van der Waals surface area contributed by atoms with Crippen LogP contribution in [-0.4, -0.2) is 18.9 Å². The lowest BCUT2D eigenvalue weighted by molar-refractivity contribution is 1.15. The molecule has 0 radical (unpaired) electrons. The molecule has 0 unspecified atom stereocenters. The molecule has 0 fully saturated rings. The fourth-order valence-electron chi connectivity index (χ4n) is 6.55. The maximum Gasteiger partial charge on any atom is 0.145 e. The Hall–Kier alpha value is -4.96. The minimum Gasteiger partial charge on any atom is -0.309 e. The van der Waals surface area contributed by atoms with Gasteiger partial charge in [-0.1, -0.05) is 48.5 Å². The first-order valence-corrected chi connectivity index (χ1v) is 12.6. The van der Waals surface area contributed by atoms with Gasteiger partial charge in [-0.15, -0.1) is 0 Å². The molecule has 4 heterocycles. The summed E-state index contributed by atoms with van der Waals surface area (Å²) in [5.74, 6) is 0. The molecular weight excluding hydrogens is 452 g/mol. The van der Waals surface area contributed by atoms with E-state index >= 15 is 0 Å². The zero-order valence-corrected chi connectivity index (χ0v) is 19.9. The van der Waals surface area contributed by atoms with Crippen molar-refractivity contribution in [2.75, 3.05) is 0 Å². The molecule has 0 aliphatic heterocycles. The average molecular weight is 473 g/mol. The molecule has 37 heavy (non-hydrogen) atoms. The summed E-state index contributed by atoms with van der Waals surface area (Å²) in [4.78, 5) is 9.14. The third kappa shape index (κ3) is 2.42. The number of hydrogen-bond donors (Lipinski definition) is 0. The van der Waals surface area contributed by atoms with Crippen LogP contribution in [0.4, 0.5) is 0 Å². The fourth-order valence-corrected chi connectivity index (χ4v) is 6.55. The molecule has 0 spiro atoms. The number of hydrogen-bond acceptors (Lipinski definition) is 2. The summed E-state index contributed by atoms with van der Waals surface area (Å²) in [6.45, 7) is 0. The summed E-state index contributed by atoms with van der Waals surface area (Å²) in [5.41, 5.74) is 11.2. The number of benzene rings is 4. The standard InChI is InChI=1S/C33H20N4/c1-2-6-21(7-3-1)37-30-9-5-4-8-23(30)25-11-10-22-26-18-27-24-12-13-34-19-31(24)36-15-14-35-33(36)29(27)17-20(26)16-28(22)32(25)37/h1-15,17-19H,16H2. The van der Waals surface area contributed by atoms with Gasteiger partial charge in [0.1, 0.15) is 5.65 Å². The molecule has 4 aromatic heterocycles. The highest BCUT2D eigenvalue weighted by Crippen LogP contribution is 2.46. The van der Waals surface area contributed by atoms with E-state index in [1.807, 2.05) is 24.8 Å². The van der Waals surface area contributed by atoms with Crippen LogP contribution in [0.2, 0.25) is 0 Å². The first kappa shape index (κ1) is 19.3. The highest BCUT2D eigenvalue weighted by atomic mass is 15.0. The Morgan fingerprint density at radius 1 is 0.649 bits per heavy atom. The van der Waals surface area contributed by atoms with Crippen LogP contribution >= 0.6 is 0 Å². The summed E-state index contributed by atoms with van der Waals surface area (Å²) in [5, 5.41) is 6.22. The SMILES string of the molecule is c1ccc(-n2c3ccccc3c3ccc4c(c32)Cc2cc3c(cc2-4)c2ccncc2n2ccnc32)cc1. The van der Waals surface area contributed by atoms with Gasteiger partial charge >= 0.3 is 0 Å². The third-order valence-electron chi connectivity index (χ3n) is 8.09. The zero-order valence-electron chi connectivity index (χ0n) is 19.9. The van der Waals surface area contributed by atoms with E-state index in [0.29, 0.717) is 0 Å². The van der Waals surface area contributed by atoms with Gasteiger partial charge in [-0.2, -0.15) is 0 Å². The third-order valence-corrected chi connectivity index (χ3v) is 8.09. The highest BCUT2D eigenvalue weighted by molar-refractivity contribution is 6.15. The monoisotopic (exact) mass is 472 g/mol. The number of rotatable bonds is 1. The van der Waals surface area contributed by atoms with Crippen molar-refractivity contribution in [1.82, 2.24) is 18.9 Å². The van der Waals surface area contributed by atoms with Gasteiger partial charge in [0.25, 0.3) is 0 Å². The van der Waals surface area contributed by atoms with Crippen LogP contribution in [0, 0.1) is 0 Å². The second-order valence-corrected chi connectivity index (χ2v) is 9.92. The Labute approximate surface area is 212 Å². The van der Waals surface area contributed by atoms with E-state index in [4.69, 9.17) is 4.98 Å². The Balaban J connectivity index is 1.41. The van der Waals surface area contributed by atoms with Gasteiger partial charge in [-0.05, 0) is 64.0 Å². The molecular formula is C33H20N4. The fraction of sp³-hybridized carbons (Fsp3) is 0.0303. The van der Waals surface area contributed by atoms with E-state index in [-0.39, 0.29) is 0 Å². The predicted molar refractivity (Wildman–Crippen MR) is 151 cm³/mol. The number of pyridine rings is 2. The molecule has 0 bridgehead atoms. The number of aromatic nitrogens is 4. The maximum atomic E-state index is 4.74. The minimum absolute atomic E-state index is 0.905. The van der Waals surface area contributed by atoms with E-state index in [1.54, 1.807) is 0 Å². The van der Waals surface area contributed by atoms with Crippen molar-refractivity contribution < 1.29 is 0 Å². The van der Waals surface area contributed by atoms with Crippen molar-refractivity contribution in [3.05, 3.63) is 121 Å². The highest BCUT2D eigenvalue weighted by Gasteiger charge is 2.26. The molecule has 4 nitrogen and oxygen atoms in total. The number of fused-ring (bicyclic) bond motifs is 13. The molecule has 4 heteroatoms. The lowest BCUT2D eigenvalue weighted by Gasteiger charge is -2.11. The smallest absolute Gasteiger partial charge is 0.145 e. The molecule has 0 saturated heterocycles. The van der Waals surface area contributed by atoms with Crippen LogP contribution in [0.15, 0.2) is 110 Å². The zero-order chi connectivity index (χ0) is 24.1. The van der Waals surface area contributed by atoms with E-state index in [2.05, 4.69) is 98.9 Å². The summed E-state index contributed by atoms with van der Waals surface area (Å²) in [6.07, 6.45) is 8.63. The summed E-state index contributed by atoms with van der Waals surface area (Å²) in [6, 6.07) is 31.0. The van der Waals surface area contributed by atoms with Gasteiger partial charge in [0.15, 0.2) is 0 Å². The van der Waals surface area contributed by atoms with Gasteiger partial charge in [0, 0.05) is 52.2 Å². The molecule has 8 aromatic rings. The lowest BCUT2D eigenvalue weighted by Crippen LogP contribution is -1.96. The minimum atomic E-state index is 0.905. The van der Waals surface area contributed by atoms with Crippen molar-refractivity contribution in [3.8, 4) is 16.8 Å². The van der Waals surface area contributed by atoms with Crippen LogP contribution in [-0.2, 0) is 6.42 Å². The molecule has 0 atom stereocenters. The molecule has 0 N–H and O–H groups in total. The lowest BCUT2D eigenvalue weighted by atomic mass is 9.98. The van der Waals surface area contributed by atoms with Gasteiger partial charge in [0.05, 0.1) is 22.7 Å². The van der Waals surface area contributed by atoms with Crippen molar-refractivity contribution >= 4 is 49.1 Å². The molecule has 172 valence electrons. The van der Waals surface area contributed by atoms with Crippen LogP contribution in [0.1, 0.15) is 11.1 Å². The summed E-state index contributed by atoms with van der Waals surface area (Å²) >= 11 is 0. The van der Waals surface area contributed by atoms with Crippen molar-refractivity contribution in [1.29, 1.82) is 0 Å². The van der Waals surface area contributed by atoms with Gasteiger partial charge in [-0.25, -0.2) is 4.98 Å². The number of nitrogens with zero attached hydrogens (tertiary/aromatic N) is 4. The number of imidazole rings is 1. The second kappa shape index (κ2) is 6.83. The molecule has 0 amide bonds. The van der Waals surface area contributed by atoms with Gasteiger partial charge in [-0.3, -0.25) is 9.38 Å². The van der Waals surface area contributed by atoms with E-state index < -0.39 is 0 Å². The maximum absolute atomic E-state index is 4.74. The molecule has 1 aliphatic rings. The number of para-hydroxylation sites is 2. The van der Waals surface area contributed by atoms with Crippen LogP contribution in [0.3, 0.4) is 0 Å².